The first-order chi connectivity index (χ1) is 15.0. The van der Waals surface area contributed by atoms with Gasteiger partial charge < -0.3 is 14.8 Å². The maximum Gasteiger partial charge on any atom is 0.269 e. The third-order valence-corrected chi connectivity index (χ3v) is 4.54. The highest BCUT2D eigenvalue weighted by molar-refractivity contribution is 7.80. The molecule has 0 aliphatic heterocycles. The van der Waals surface area contributed by atoms with Gasteiger partial charge in [-0.2, -0.15) is 0 Å². The lowest BCUT2D eigenvalue weighted by Crippen LogP contribution is -2.49. The molecule has 0 spiro atoms. The maximum absolute atomic E-state index is 12.2. The number of carbonyl (C=O) groups excluding carboxylic acids is 3. The van der Waals surface area contributed by atoms with Crippen LogP contribution in [0.25, 0.3) is 0 Å². The number of para-hydroxylation sites is 2. The predicted octanol–water partition coefficient (Wildman–Crippen LogP) is 1.76. The number of hydrazine groups is 1. The fraction of sp³-hybridized carbons (Fsp3) is 0.238. The largest absolute Gasteiger partial charge is 0.493 e. The molecular weight excluding hydrogens is 420 g/mol. The molecule has 9 nitrogen and oxygen atoms in total. The lowest BCUT2D eigenvalue weighted by atomic mass is 10.2. The van der Waals surface area contributed by atoms with E-state index in [1.807, 2.05) is 0 Å². The van der Waals surface area contributed by atoms with Gasteiger partial charge in [-0.1, -0.05) is 12.1 Å². The summed E-state index contributed by atoms with van der Waals surface area (Å²) >= 11 is 4.99. The minimum atomic E-state index is -0.506. The van der Waals surface area contributed by atoms with Gasteiger partial charge in [-0.3, -0.25) is 30.6 Å². The Kier molecular flexibility index (Phi) is 7.39. The van der Waals surface area contributed by atoms with Crippen LogP contribution in [0.2, 0.25) is 0 Å². The highest BCUT2D eigenvalue weighted by Crippen LogP contribution is 2.30. The lowest BCUT2D eigenvalue weighted by Gasteiger charge is -2.12. The Morgan fingerprint density at radius 3 is 2.32 bits per heavy atom. The van der Waals surface area contributed by atoms with E-state index in [-0.39, 0.29) is 23.5 Å². The number of carbonyl (C=O) groups is 3. The van der Waals surface area contributed by atoms with Crippen LogP contribution in [0.3, 0.4) is 0 Å². The van der Waals surface area contributed by atoms with Gasteiger partial charge in [0.05, 0.1) is 7.11 Å². The normalized spacial score (nSPS) is 12.3. The van der Waals surface area contributed by atoms with Gasteiger partial charge in [0.15, 0.2) is 23.2 Å². The van der Waals surface area contributed by atoms with Crippen LogP contribution < -0.4 is 31.0 Å². The average molecular weight is 442 g/mol. The van der Waals surface area contributed by atoms with Gasteiger partial charge in [0, 0.05) is 17.2 Å². The van der Waals surface area contributed by atoms with Crippen molar-refractivity contribution in [2.24, 2.45) is 5.92 Å². The summed E-state index contributed by atoms with van der Waals surface area (Å²) in [6, 6.07) is 13.4. The first kappa shape index (κ1) is 22.0. The number of methoxy groups -OCH3 is 1. The molecular formula is C21H22N4O5S. The van der Waals surface area contributed by atoms with Crippen LogP contribution in [0, 0.1) is 5.92 Å². The predicted molar refractivity (Wildman–Crippen MR) is 118 cm³/mol. The van der Waals surface area contributed by atoms with Crippen LogP contribution in [-0.4, -0.2) is 36.6 Å². The monoisotopic (exact) mass is 442 g/mol. The van der Waals surface area contributed by atoms with Crippen molar-refractivity contribution >= 4 is 40.7 Å². The number of ether oxygens (including phenoxy) is 2. The molecule has 0 saturated heterocycles. The van der Waals surface area contributed by atoms with Gasteiger partial charge >= 0.3 is 0 Å². The minimum absolute atomic E-state index is 0.00496. The number of rotatable bonds is 7. The fourth-order valence-electron chi connectivity index (χ4n) is 2.56. The zero-order valence-corrected chi connectivity index (χ0v) is 17.6. The molecule has 0 atom stereocenters. The summed E-state index contributed by atoms with van der Waals surface area (Å²) in [6.07, 6.45) is 1.84. The van der Waals surface area contributed by atoms with Gasteiger partial charge in [0.25, 0.3) is 11.8 Å². The molecule has 3 rings (SSSR count). The molecule has 4 N–H and O–H groups in total. The van der Waals surface area contributed by atoms with Crippen LogP contribution >= 0.6 is 12.2 Å². The van der Waals surface area contributed by atoms with E-state index in [9.17, 15) is 14.4 Å². The van der Waals surface area contributed by atoms with Gasteiger partial charge in [0.2, 0.25) is 5.91 Å². The van der Waals surface area contributed by atoms with Crippen molar-refractivity contribution in [3.63, 3.8) is 0 Å². The van der Waals surface area contributed by atoms with Crippen molar-refractivity contribution in [3.8, 4) is 11.5 Å². The summed E-state index contributed by atoms with van der Waals surface area (Å²) in [5.74, 6) is 0.0546. The molecule has 0 bridgehead atoms. The molecule has 0 unspecified atom stereocenters. The van der Waals surface area contributed by atoms with Crippen LogP contribution in [-0.2, 0) is 9.59 Å². The van der Waals surface area contributed by atoms with Crippen molar-refractivity contribution in [1.82, 2.24) is 16.2 Å². The van der Waals surface area contributed by atoms with E-state index in [0.29, 0.717) is 22.7 Å². The number of hydrogen-bond acceptors (Lipinski definition) is 6. The minimum Gasteiger partial charge on any atom is -0.493 e. The van der Waals surface area contributed by atoms with Crippen LogP contribution in [0.15, 0.2) is 48.5 Å². The molecule has 162 valence electrons. The molecule has 1 fully saturated rings. The van der Waals surface area contributed by atoms with Crippen LogP contribution in [0.4, 0.5) is 5.69 Å². The molecule has 3 amide bonds. The Morgan fingerprint density at radius 1 is 1.00 bits per heavy atom. The van der Waals surface area contributed by atoms with Gasteiger partial charge in [-0.05, 0) is 61.5 Å². The van der Waals surface area contributed by atoms with E-state index in [1.165, 1.54) is 7.11 Å². The topological polar surface area (TPSA) is 118 Å². The molecule has 2 aromatic rings. The third kappa shape index (κ3) is 6.68. The second-order valence-corrected chi connectivity index (χ2v) is 7.15. The van der Waals surface area contributed by atoms with E-state index in [2.05, 4.69) is 21.5 Å². The molecule has 1 saturated carbocycles. The molecule has 0 heterocycles. The average Bonchev–Trinajstić information content (AvgIpc) is 3.62. The number of hydrogen-bond donors (Lipinski definition) is 4. The van der Waals surface area contributed by atoms with E-state index in [4.69, 9.17) is 21.7 Å². The summed E-state index contributed by atoms with van der Waals surface area (Å²) in [5.41, 5.74) is 5.82. The highest BCUT2D eigenvalue weighted by Gasteiger charge is 2.29. The Hall–Kier alpha value is -3.66. The van der Waals surface area contributed by atoms with Crippen molar-refractivity contribution in [2.45, 2.75) is 12.8 Å². The molecule has 1 aliphatic rings. The van der Waals surface area contributed by atoms with Crippen LogP contribution in [0.1, 0.15) is 23.2 Å². The van der Waals surface area contributed by atoms with Gasteiger partial charge in [-0.25, -0.2) is 0 Å². The van der Waals surface area contributed by atoms with Crippen LogP contribution in [0.5, 0.6) is 11.5 Å². The quantitative estimate of drug-likeness (QED) is 0.381. The smallest absolute Gasteiger partial charge is 0.269 e. The molecule has 0 aromatic heterocycles. The zero-order chi connectivity index (χ0) is 22.2. The Labute approximate surface area is 184 Å². The maximum atomic E-state index is 12.2. The highest BCUT2D eigenvalue weighted by atomic mass is 32.1. The number of thiocarbonyl (C=S) groups is 1. The van der Waals surface area contributed by atoms with Crippen molar-refractivity contribution < 1.29 is 23.9 Å². The zero-order valence-electron chi connectivity index (χ0n) is 16.8. The summed E-state index contributed by atoms with van der Waals surface area (Å²) in [5, 5.41) is 5.11. The number of anilines is 1. The third-order valence-electron chi connectivity index (χ3n) is 4.33. The Balaban J connectivity index is 1.39. The second-order valence-electron chi connectivity index (χ2n) is 6.74. The number of nitrogens with one attached hydrogen (secondary N) is 4. The lowest BCUT2D eigenvalue weighted by molar-refractivity contribution is -0.121. The number of benzene rings is 2. The SMILES string of the molecule is COc1ccccc1OCC(=O)NC(=S)NNC(=O)c1ccc(NC(=O)C2CC2)cc1. The second kappa shape index (κ2) is 10.4. The molecule has 10 heteroatoms. The van der Waals surface area contributed by atoms with E-state index in [0.717, 1.165) is 12.8 Å². The Bertz CT molecular complexity index is 976. The first-order valence-electron chi connectivity index (χ1n) is 9.53. The van der Waals surface area contributed by atoms with Crippen molar-refractivity contribution in [1.29, 1.82) is 0 Å². The first-order valence-corrected chi connectivity index (χ1v) is 9.94. The molecule has 2 aromatic carbocycles. The summed E-state index contributed by atoms with van der Waals surface area (Å²) in [7, 11) is 1.50. The van der Waals surface area contributed by atoms with E-state index < -0.39 is 11.8 Å². The van der Waals surface area contributed by atoms with Crippen molar-refractivity contribution in [2.75, 3.05) is 19.0 Å². The standard InChI is InChI=1S/C21H22N4O5S/c1-29-16-4-2-3-5-17(16)30-12-18(26)23-21(31)25-24-20(28)14-8-10-15(11-9-14)22-19(27)13-6-7-13/h2-5,8-11,13H,6-7,12H2,1H3,(H,22,27)(H,24,28)(H2,23,25,26,31). The fourth-order valence-corrected chi connectivity index (χ4v) is 2.72. The van der Waals surface area contributed by atoms with E-state index in [1.54, 1.807) is 48.5 Å². The summed E-state index contributed by atoms with van der Waals surface area (Å²) in [6.45, 7) is -0.288. The molecule has 0 radical (unpaired) electrons. The van der Waals surface area contributed by atoms with Crippen molar-refractivity contribution in [3.05, 3.63) is 54.1 Å². The Morgan fingerprint density at radius 2 is 1.68 bits per heavy atom. The van der Waals surface area contributed by atoms with E-state index >= 15 is 0 Å². The van der Waals surface area contributed by atoms with Gasteiger partial charge in [-0.15, -0.1) is 0 Å². The number of amides is 3. The van der Waals surface area contributed by atoms with Gasteiger partial charge in [0.1, 0.15) is 0 Å². The molecule has 1 aliphatic carbocycles. The summed E-state index contributed by atoms with van der Waals surface area (Å²) < 4.78 is 10.5. The molecule has 31 heavy (non-hydrogen) atoms. The summed E-state index contributed by atoms with van der Waals surface area (Å²) in [4.78, 5) is 35.9.